The lowest BCUT2D eigenvalue weighted by Gasteiger charge is -2.04. The van der Waals surface area contributed by atoms with Gasteiger partial charge in [0.25, 0.3) is 0 Å². The number of unbranched alkanes of at least 4 members (excludes halogenated alkanes) is 3. The summed E-state index contributed by atoms with van der Waals surface area (Å²) in [6.07, 6.45) is 4.90. The van der Waals surface area contributed by atoms with E-state index in [1.807, 2.05) is 23.6 Å². The van der Waals surface area contributed by atoms with E-state index in [4.69, 9.17) is 5.73 Å². The van der Waals surface area contributed by atoms with Crippen molar-refractivity contribution in [1.29, 1.82) is 0 Å². The van der Waals surface area contributed by atoms with Crippen molar-refractivity contribution < 1.29 is 0 Å². The first-order valence-corrected chi connectivity index (χ1v) is 8.71. The average Bonchev–Trinajstić information content (AvgIpc) is 3.02. The number of nitrogens with one attached hydrogen (secondary N) is 1. The van der Waals surface area contributed by atoms with E-state index in [0.717, 1.165) is 29.2 Å². The molecule has 2 rings (SSSR count). The summed E-state index contributed by atoms with van der Waals surface area (Å²) < 4.78 is 0. The van der Waals surface area contributed by atoms with E-state index < -0.39 is 0 Å². The highest BCUT2D eigenvalue weighted by molar-refractivity contribution is 7.13. The Balaban J connectivity index is 1.79. The van der Waals surface area contributed by atoms with Crippen LogP contribution in [-0.4, -0.2) is 17.5 Å². The molecule has 22 heavy (non-hydrogen) atoms. The Morgan fingerprint density at radius 1 is 1.23 bits per heavy atom. The van der Waals surface area contributed by atoms with Crippen LogP contribution in [0.1, 0.15) is 38.3 Å². The molecule has 0 fully saturated rings. The second-order valence-corrected chi connectivity index (χ2v) is 6.06. The number of aliphatic imine (C=N–C) groups is 1. The first-order chi connectivity index (χ1) is 10.8. The quantitative estimate of drug-likeness (QED) is 0.442. The van der Waals surface area contributed by atoms with E-state index in [1.165, 1.54) is 19.3 Å². The molecule has 0 aliphatic rings. The van der Waals surface area contributed by atoms with Gasteiger partial charge in [-0.2, -0.15) is 0 Å². The Kier molecular flexibility index (Phi) is 6.90. The van der Waals surface area contributed by atoms with Gasteiger partial charge in [-0.25, -0.2) is 9.98 Å². The number of rotatable bonds is 8. The Labute approximate surface area is 136 Å². The van der Waals surface area contributed by atoms with Gasteiger partial charge in [0, 0.05) is 17.5 Å². The van der Waals surface area contributed by atoms with E-state index in [1.54, 1.807) is 11.3 Å². The van der Waals surface area contributed by atoms with Crippen molar-refractivity contribution in [3.8, 4) is 10.6 Å². The lowest BCUT2D eigenvalue weighted by Crippen LogP contribution is -2.32. The molecule has 5 heteroatoms. The van der Waals surface area contributed by atoms with Gasteiger partial charge in [0.15, 0.2) is 5.96 Å². The number of nitrogens with zero attached hydrogens (tertiary/aromatic N) is 2. The molecule has 118 valence electrons. The number of hydrogen-bond donors (Lipinski definition) is 2. The average molecular weight is 316 g/mol. The van der Waals surface area contributed by atoms with E-state index in [0.29, 0.717) is 12.5 Å². The van der Waals surface area contributed by atoms with Crippen molar-refractivity contribution in [1.82, 2.24) is 10.3 Å². The number of hydrogen-bond acceptors (Lipinski definition) is 3. The normalized spacial score (nSPS) is 11.6. The topological polar surface area (TPSA) is 63.3 Å². The zero-order valence-electron chi connectivity index (χ0n) is 13.1. The summed E-state index contributed by atoms with van der Waals surface area (Å²) in [5, 5.41) is 6.22. The van der Waals surface area contributed by atoms with Crippen LogP contribution in [0.4, 0.5) is 0 Å². The maximum absolute atomic E-state index is 5.87. The molecule has 3 N–H and O–H groups in total. The highest BCUT2D eigenvalue weighted by Crippen LogP contribution is 2.23. The lowest BCUT2D eigenvalue weighted by molar-refractivity contribution is 0.652. The van der Waals surface area contributed by atoms with Crippen LogP contribution in [0.25, 0.3) is 10.6 Å². The predicted octanol–water partition coefficient (Wildman–Crippen LogP) is 3.79. The maximum Gasteiger partial charge on any atom is 0.188 e. The van der Waals surface area contributed by atoms with Crippen LogP contribution >= 0.6 is 11.3 Å². The van der Waals surface area contributed by atoms with Crippen molar-refractivity contribution in [2.24, 2.45) is 10.7 Å². The summed E-state index contributed by atoms with van der Waals surface area (Å²) in [7, 11) is 0. The molecule has 1 aromatic carbocycles. The van der Waals surface area contributed by atoms with Crippen LogP contribution in [0, 0.1) is 0 Å². The Morgan fingerprint density at radius 3 is 2.82 bits per heavy atom. The number of thiazole rings is 1. The Hall–Kier alpha value is -1.88. The Morgan fingerprint density at radius 2 is 2.05 bits per heavy atom. The summed E-state index contributed by atoms with van der Waals surface area (Å²) in [6.45, 7) is 3.62. The van der Waals surface area contributed by atoms with Gasteiger partial charge in [0.05, 0.1) is 12.2 Å². The van der Waals surface area contributed by atoms with Crippen LogP contribution < -0.4 is 11.1 Å². The van der Waals surface area contributed by atoms with E-state index in [-0.39, 0.29) is 0 Å². The molecule has 4 nitrogen and oxygen atoms in total. The largest absolute Gasteiger partial charge is 0.370 e. The molecule has 0 atom stereocenters. The van der Waals surface area contributed by atoms with E-state index in [9.17, 15) is 0 Å². The third-order valence-corrected chi connectivity index (χ3v) is 4.26. The van der Waals surface area contributed by atoms with Crippen LogP contribution in [0.5, 0.6) is 0 Å². The fourth-order valence-corrected chi connectivity index (χ4v) is 2.90. The SMILES string of the molecule is CCCCCCNC(N)=NCc1csc(-c2ccccc2)n1. The highest BCUT2D eigenvalue weighted by Gasteiger charge is 2.03. The molecule has 0 amide bonds. The van der Waals surface area contributed by atoms with Crippen LogP contribution in [0.3, 0.4) is 0 Å². The molecule has 0 aliphatic heterocycles. The molecule has 1 aromatic heterocycles. The zero-order valence-corrected chi connectivity index (χ0v) is 13.9. The molecule has 0 radical (unpaired) electrons. The van der Waals surface area contributed by atoms with Crippen molar-refractivity contribution in [3.05, 3.63) is 41.4 Å². The van der Waals surface area contributed by atoms with Gasteiger partial charge in [0.1, 0.15) is 5.01 Å². The molecule has 0 spiro atoms. The van der Waals surface area contributed by atoms with Crippen LogP contribution in [0.15, 0.2) is 40.7 Å². The molecule has 0 aliphatic carbocycles. The fourth-order valence-electron chi connectivity index (χ4n) is 2.08. The van der Waals surface area contributed by atoms with Gasteiger partial charge in [-0.3, -0.25) is 0 Å². The third kappa shape index (κ3) is 5.48. The molecule has 2 aromatic rings. The number of benzene rings is 1. The number of guanidine groups is 1. The zero-order chi connectivity index (χ0) is 15.6. The lowest BCUT2D eigenvalue weighted by atomic mass is 10.2. The smallest absolute Gasteiger partial charge is 0.188 e. The minimum atomic E-state index is 0.505. The predicted molar refractivity (Wildman–Crippen MR) is 95.0 cm³/mol. The number of nitrogens with two attached hydrogens (primary N) is 1. The second-order valence-electron chi connectivity index (χ2n) is 5.20. The second kappa shape index (κ2) is 9.20. The summed E-state index contributed by atoms with van der Waals surface area (Å²) in [4.78, 5) is 8.95. The molecule has 0 saturated heterocycles. The minimum absolute atomic E-state index is 0.505. The van der Waals surface area contributed by atoms with E-state index >= 15 is 0 Å². The number of aromatic nitrogens is 1. The van der Waals surface area contributed by atoms with Crippen molar-refractivity contribution in [3.63, 3.8) is 0 Å². The molecular formula is C17H24N4S. The van der Waals surface area contributed by atoms with Crippen LogP contribution in [0.2, 0.25) is 0 Å². The van der Waals surface area contributed by atoms with Gasteiger partial charge >= 0.3 is 0 Å². The van der Waals surface area contributed by atoms with Crippen molar-refractivity contribution in [2.75, 3.05) is 6.54 Å². The first-order valence-electron chi connectivity index (χ1n) is 7.83. The first kappa shape index (κ1) is 16.5. The maximum atomic E-state index is 5.87. The third-order valence-electron chi connectivity index (χ3n) is 3.32. The van der Waals surface area contributed by atoms with Gasteiger partial charge in [0.2, 0.25) is 0 Å². The molecule has 0 bridgehead atoms. The van der Waals surface area contributed by atoms with E-state index in [2.05, 4.69) is 34.3 Å². The fraction of sp³-hybridized carbons (Fsp3) is 0.412. The Bertz CT molecular complexity index is 577. The van der Waals surface area contributed by atoms with Crippen molar-refractivity contribution >= 4 is 17.3 Å². The summed E-state index contributed by atoms with van der Waals surface area (Å²) in [5.74, 6) is 0.505. The molecular weight excluding hydrogens is 292 g/mol. The monoisotopic (exact) mass is 316 g/mol. The molecule has 0 saturated carbocycles. The minimum Gasteiger partial charge on any atom is -0.370 e. The van der Waals surface area contributed by atoms with Gasteiger partial charge in [-0.05, 0) is 6.42 Å². The summed E-state index contributed by atoms with van der Waals surface area (Å²) in [5.41, 5.74) is 7.97. The van der Waals surface area contributed by atoms with Crippen molar-refractivity contribution in [2.45, 2.75) is 39.2 Å². The molecule has 1 heterocycles. The summed E-state index contributed by atoms with van der Waals surface area (Å²) >= 11 is 1.64. The molecule has 0 unspecified atom stereocenters. The van der Waals surface area contributed by atoms with Gasteiger partial charge in [-0.15, -0.1) is 11.3 Å². The van der Waals surface area contributed by atoms with Crippen LogP contribution in [-0.2, 0) is 6.54 Å². The summed E-state index contributed by atoms with van der Waals surface area (Å²) in [6, 6.07) is 10.2. The van der Waals surface area contributed by atoms with Gasteiger partial charge in [-0.1, -0.05) is 56.5 Å². The van der Waals surface area contributed by atoms with Gasteiger partial charge < -0.3 is 11.1 Å². The standard InChI is InChI=1S/C17H24N4S/c1-2-3-4-8-11-19-17(18)20-12-15-13-22-16(21-15)14-9-6-5-7-10-14/h5-7,9-10,13H,2-4,8,11-12H2,1H3,(H3,18,19,20). The highest BCUT2D eigenvalue weighted by atomic mass is 32.1.